The third-order valence-corrected chi connectivity index (χ3v) is 7.42. The molecule has 7 heteroatoms. The van der Waals surface area contributed by atoms with Gasteiger partial charge in [-0.25, -0.2) is 12.7 Å². The zero-order chi connectivity index (χ0) is 18.9. The normalized spacial score (nSPS) is 24.3. The lowest BCUT2D eigenvalue weighted by molar-refractivity contribution is -0.110. The summed E-state index contributed by atoms with van der Waals surface area (Å²) in [7, 11) is -1.63. The molecule has 2 aromatic carbocycles. The summed E-state index contributed by atoms with van der Waals surface area (Å²) in [5.74, 6) is 1.42. The van der Waals surface area contributed by atoms with Gasteiger partial charge in [0.1, 0.15) is 16.7 Å². The summed E-state index contributed by atoms with van der Waals surface area (Å²) in [6.45, 7) is 1.38. The number of hydroxylamine groups is 2. The number of nitrogens with zero attached hydrogens (tertiary/aromatic N) is 2. The van der Waals surface area contributed by atoms with Gasteiger partial charge >= 0.3 is 0 Å². The Kier molecular flexibility index (Phi) is 5.19. The lowest BCUT2D eigenvalue weighted by atomic mass is 10.0. The molecule has 0 aliphatic carbocycles. The minimum Gasteiger partial charge on any atom is -0.457 e. The van der Waals surface area contributed by atoms with Gasteiger partial charge in [-0.05, 0) is 42.7 Å². The second-order valence-corrected chi connectivity index (χ2v) is 9.12. The molecule has 0 amide bonds. The third-order valence-electron chi connectivity index (χ3n) is 5.17. The molecule has 27 heavy (non-hydrogen) atoms. The Morgan fingerprint density at radius 2 is 1.70 bits per heavy atom. The number of rotatable bonds is 5. The van der Waals surface area contributed by atoms with Crippen molar-refractivity contribution in [3.05, 3.63) is 60.2 Å². The van der Waals surface area contributed by atoms with Gasteiger partial charge < -0.3 is 4.74 Å². The summed E-state index contributed by atoms with van der Waals surface area (Å²) >= 11 is 0. The van der Waals surface area contributed by atoms with Crippen molar-refractivity contribution in [2.75, 3.05) is 26.7 Å². The van der Waals surface area contributed by atoms with Crippen molar-refractivity contribution in [3.8, 4) is 11.5 Å². The molecule has 0 aromatic heterocycles. The van der Waals surface area contributed by atoms with Crippen LogP contribution in [-0.2, 0) is 14.9 Å². The molecule has 0 bridgehead atoms. The second-order valence-electron chi connectivity index (χ2n) is 6.96. The quantitative estimate of drug-likeness (QED) is 0.787. The van der Waals surface area contributed by atoms with E-state index in [1.54, 1.807) is 16.4 Å². The highest BCUT2D eigenvalue weighted by Gasteiger charge is 2.46. The van der Waals surface area contributed by atoms with Gasteiger partial charge in [0.2, 0.25) is 10.0 Å². The molecule has 6 nitrogen and oxygen atoms in total. The van der Waals surface area contributed by atoms with Gasteiger partial charge in [-0.2, -0.15) is 5.06 Å². The molecule has 2 saturated heterocycles. The van der Waals surface area contributed by atoms with Crippen LogP contribution in [-0.4, -0.2) is 49.8 Å². The number of hydrogen-bond donors (Lipinski definition) is 0. The Hall–Kier alpha value is -1.93. The van der Waals surface area contributed by atoms with E-state index < -0.39 is 15.3 Å². The summed E-state index contributed by atoms with van der Waals surface area (Å²) in [6.07, 6.45) is 1.85. The molecule has 0 radical (unpaired) electrons. The number of benzene rings is 2. The van der Waals surface area contributed by atoms with E-state index >= 15 is 0 Å². The molecule has 2 aliphatic rings. The van der Waals surface area contributed by atoms with Crippen molar-refractivity contribution in [1.29, 1.82) is 0 Å². The van der Waals surface area contributed by atoms with Crippen LogP contribution in [0, 0.1) is 0 Å². The molecule has 144 valence electrons. The van der Waals surface area contributed by atoms with E-state index in [0.29, 0.717) is 18.8 Å². The van der Waals surface area contributed by atoms with Crippen LogP contribution in [0.3, 0.4) is 0 Å². The first-order valence-electron chi connectivity index (χ1n) is 9.23. The summed E-state index contributed by atoms with van der Waals surface area (Å²) in [5.41, 5.74) is 0.871. The van der Waals surface area contributed by atoms with E-state index in [-0.39, 0.29) is 12.6 Å². The van der Waals surface area contributed by atoms with Crippen LogP contribution in [0.15, 0.2) is 54.6 Å². The topological polar surface area (TPSA) is 59.1 Å². The molecule has 2 aliphatic heterocycles. The summed E-state index contributed by atoms with van der Waals surface area (Å²) in [4.78, 5) is 5.62. The predicted molar refractivity (Wildman–Crippen MR) is 103 cm³/mol. The van der Waals surface area contributed by atoms with Crippen molar-refractivity contribution in [2.24, 2.45) is 0 Å². The maximum Gasteiger partial charge on any atom is 0.221 e. The average molecular weight is 388 g/mol. The number of para-hydroxylation sites is 1. The van der Waals surface area contributed by atoms with Gasteiger partial charge in [0.25, 0.3) is 0 Å². The molecule has 2 atom stereocenters. The number of sulfonamides is 1. The Balaban J connectivity index is 1.61. The zero-order valence-corrected chi connectivity index (χ0v) is 16.1. The van der Waals surface area contributed by atoms with E-state index in [1.807, 2.05) is 54.6 Å². The summed E-state index contributed by atoms with van der Waals surface area (Å²) < 4.78 is 33.8. The fourth-order valence-electron chi connectivity index (χ4n) is 3.79. The molecule has 0 N–H and O–H groups in total. The highest BCUT2D eigenvalue weighted by Crippen LogP contribution is 2.37. The molecule has 0 spiro atoms. The first-order valence-corrected chi connectivity index (χ1v) is 10.7. The maximum absolute atomic E-state index is 13.1. The molecule has 2 unspecified atom stereocenters. The van der Waals surface area contributed by atoms with Crippen molar-refractivity contribution < 1.29 is 18.0 Å². The lowest BCUT2D eigenvalue weighted by Gasteiger charge is -2.26. The van der Waals surface area contributed by atoms with Crippen LogP contribution in [0.25, 0.3) is 0 Å². The van der Waals surface area contributed by atoms with Crippen LogP contribution in [0.1, 0.15) is 24.4 Å². The summed E-state index contributed by atoms with van der Waals surface area (Å²) in [5, 5.41) is 1.03. The van der Waals surface area contributed by atoms with E-state index in [1.165, 1.54) is 0 Å². The molecule has 4 rings (SSSR count). The van der Waals surface area contributed by atoms with E-state index in [9.17, 15) is 8.42 Å². The van der Waals surface area contributed by atoms with Crippen LogP contribution in [0.4, 0.5) is 0 Å². The van der Waals surface area contributed by atoms with Crippen LogP contribution in [0.5, 0.6) is 11.5 Å². The van der Waals surface area contributed by atoms with E-state index in [4.69, 9.17) is 9.57 Å². The fourth-order valence-corrected chi connectivity index (χ4v) is 5.83. The van der Waals surface area contributed by atoms with Gasteiger partial charge in [0, 0.05) is 20.1 Å². The average Bonchev–Trinajstić information content (AvgIpc) is 3.33. The molecular weight excluding hydrogens is 364 g/mol. The minimum atomic E-state index is -3.41. The van der Waals surface area contributed by atoms with Gasteiger partial charge in [0.15, 0.2) is 0 Å². The van der Waals surface area contributed by atoms with Crippen molar-refractivity contribution >= 4 is 10.0 Å². The molecule has 0 saturated carbocycles. The monoisotopic (exact) mass is 388 g/mol. The fraction of sp³-hybridized carbons (Fsp3) is 0.400. The Bertz CT molecular complexity index is 882. The van der Waals surface area contributed by atoms with Gasteiger partial charge in [0.05, 0.1) is 12.6 Å². The van der Waals surface area contributed by atoms with Gasteiger partial charge in [-0.3, -0.25) is 4.84 Å². The van der Waals surface area contributed by atoms with Gasteiger partial charge in [-0.15, -0.1) is 0 Å². The number of hydrogen-bond acceptors (Lipinski definition) is 5. The Morgan fingerprint density at radius 3 is 2.44 bits per heavy atom. The second kappa shape index (κ2) is 7.59. The van der Waals surface area contributed by atoms with Crippen molar-refractivity contribution in [1.82, 2.24) is 9.37 Å². The number of ether oxygens (including phenoxy) is 1. The minimum absolute atomic E-state index is 0.170. The lowest BCUT2D eigenvalue weighted by Crippen LogP contribution is -2.41. The molecule has 2 aromatic rings. The summed E-state index contributed by atoms with van der Waals surface area (Å²) in [6, 6.07) is 16.8. The maximum atomic E-state index is 13.1. The molecular formula is C20H24N2O4S. The van der Waals surface area contributed by atoms with Gasteiger partial charge in [-0.1, -0.05) is 30.3 Å². The Morgan fingerprint density at radius 1 is 1.00 bits per heavy atom. The highest BCUT2D eigenvalue weighted by molar-refractivity contribution is 7.89. The SMILES string of the molecule is CN1OCC(S(=O)(=O)N2CCCC2)C1c1cccc(Oc2ccccc2)c1. The van der Waals surface area contributed by atoms with Crippen molar-refractivity contribution in [2.45, 2.75) is 24.1 Å². The van der Waals surface area contributed by atoms with E-state index in [2.05, 4.69) is 0 Å². The van der Waals surface area contributed by atoms with Crippen LogP contribution >= 0.6 is 0 Å². The third kappa shape index (κ3) is 3.73. The smallest absolute Gasteiger partial charge is 0.221 e. The van der Waals surface area contributed by atoms with Crippen LogP contribution in [0.2, 0.25) is 0 Å². The highest BCUT2D eigenvalue weighted by atomic mass is 32.2. The van der Waals surface area contributed by atoms with Crippen LogP contribution < -0.4 is 4.74 Å². The zero-order valence-electron chi connectivity index (χ0n) is 15.3. The Labute approximate surface area is 160 Å². The van der Waals surface area contributed by atoms with Crippen molar-refractivity contribution in [3.63, 3.8) is 0 Å². The first-order chi connectivity index (χ1) is 13.1. The van der Waals surface area contributed by atoms with E-state index in [0.717, 1.165) is 24.2 Å². The molecule has 2 heterocycles. The predicted octanol–water partition coefficient (Wildman–Crippen LogP) is 3.19. The first kappa shape index (κ1) is 18.4. The largest absolute Gasteiger partial charge is 0.457 e. The molecule has 2 fully saturated rings. The standard InChI is InChI=1S/C20H24N2O4S/c1-21-20(19(15-25-21)27(23,24)22-12-5-6-13-22)16-8-7-11-18(14-16)26-17-9-3-2-4-10-17/h2-4,7-11,14,19-20H,5-6,12-13,15H2,1H3.